The first-order valence-corrected chi connectivity index (χ1v) is 12.6. The van der Waals surface area contributed by atoms with Crippen molar-refractivity contribution in [2.45, 2.75) is 37.8 Å². The van der Waals surface area contributed by atoms with Crippen molar-refractivity contribution in [2.75, 3.05) is 48.6 Å². The molecular weight excluding hydrogens is 432 g/mol. The van der Waals surface area contributed by atoms with Crippen LogP contribution in [0.1, 0.15) is 31.2 Å². The molecule has 1 aromatic heterocycles. The second-order valence-electron chi connectivity index (χ2n) is 8.76. The highest BCUT2D eigenvalue weighted by molar-refractivity contribution is 7.99. The predicted molar refractivity (Wildman–Crippen MR) is 127 cm³/mol. The van der Waals surface area contributed by atoms with Crippen molar-refractivity contribution in [3.8, 4) is 0 Å². The van der Waals surface area contributed by atoms with E-state index in [9.17, 15) is 4.79 Å². The van der Waals surface area contributed by atoms with Gasteiger partial charge < -0.3 is 14.5 Å². The highest BCUT2D eigenvalue weighted by Crippen LogP contribution is 2.52. The van der Waals surface area contributed by atoms with E-state index in [-0.39, 0.29) is 6.03 Å². The van der Waals surface area contributed by atoms with Gasteiger partial charge in [-0.1, -0.05) is 29.6 Å². The molecule has 3 aliphatic rings. The van der Waals surface area contributed by atoms with Gasteiger partial charge in [0.05, 0.1) is 10.7 Å². The molecule has 7 nitrogen and oxygen atoms in total. The Hall–Kier alpha value is -1.90. The number of nitrogens with zero attached hydrogens (tertiary/aromatic N) is 5. The van der Waals surface area contributed by atoms with Crippen LogP contribution in [0, 0.1) is 0 Å². The molecule has 2 saturated heterocycles. The first-order valence-electron chi connectivity index (χ1n) is 11.0. The summed E-state index contributed by atoms with van der Waals surface area (Å²) >= 11 is 8.06. The average molecular weight is 461 g/mol. The van der Waals surface area contributed by atoms with Crippen LogP contribution in [0.2, 0.25) is 5.02 Å². The first kappa shape index (κ1) is 21.0. The standard InChI is InChI=1S/C22H29ClN6OS/c1-31-25-20-5-10-29(24-20)21(30)27-13-11-26(12-14-27)16-17-3-4-18(23)19(15-17)28-9-2-6-22(28)7-8-22/h3-5,10,15H,2,6-9,11-14,16H2,1H3,(H,24,25). The molecule has 1 aliphatic carbocycles. The van der Waals surface area contributed by atoms with Gasteiger partial charge in [0.15, 0.2) is 5.82 Å². The molecule has 31 heavy (non-hydrogen) atoms. The van der Waals surface area contributed by atoms with Crippen molar-refractivity contribution < 1.29 is 4.79 Å². The third-order valence-electron chi connectivity index (χ3n) is 6.77. The summed E-state index contributed by atoms with van der Waals surface area (Å²) in [5.41, 5.74) is 2.89. The smallest absolute Gasteiger partial charge is 0.344 e. The summed E-state index contributed by atoms with van der Waals surface area (Å²) in [6.45, 7) is 5.13. The molecule has 5 rings (SSSR count). The zero-order valence-electron chi connectivity index (χ0n) is 17.9. The number of halogens is 1. The number of rotatable bonds is 5. The minimum absolute atomic E-state index is 0.0636. The lowest BCUT2D eigenvalue weighted by atomic mass is 10.1. The maximum Gasteiger partial charge on any atom is 0.344 e. The van der Waals surface area contributed by atoms with Crippen LogP contribution in [0.4, 0.5) is 16.3 Å². The lowest BCUT2D eigenvalue weighted by molar-refractivity contribution is 0.134. The number of nitrogens with one attached hydrogen (secondary N) is 1. The van der Waals surface area contributed by atoms with E-state index in [1.165, 1.54) is 53.6 Å². The summed E-state index contributed by atoms with van der Waals surface area (Å²) in [6, 6.07) is 8.23. The minimum atomic E-state index is -0.0636. The Morgan fingerprint density at radius 3 is 2.71 bits per heavy atom. The van der Waals surface area contributed by atoms with Crippen LogP contribution in [0.3, 0.4) is 0 Å². The van der Waals surface area contributed by atoms with Crippen molar-refractivity contribution in [3.63, 3.8) is 0 Å². The van der Waals surface area contributed by atoms with Gasteiger partial charge in [-0.25, -0.2) is 4.79 Å². The fraction of sp³-hybridized carbons (Fsp3) is 0.545. The molecule has 1 spiro atoms. The van der Waals surface area contributed by atoms with Crippen LogP contribution in [0.25, 0.3) is 0 Å². The summed E-state index contributed by atoms with van der Waals surface area (Å²) in [7, 11) is 0. The molecule has 1 amide bonds. The Morgan fingerprint density at radius 1 is 1.16 bits per heavy atom. The summed E-state index contributed by atoms with van der Waals surface area (Å²) in [5.74, 6) is 0.698. The molecule has 3 fully saturated rings. The van der Waals surface area contributed by atoms with Gasteiger partial charge in [0.25, 0.3) is 0 Å². The van der Waals surface area contributed by atoms with Crippen LogP contribution < -0.4 is 9.62 Å². The van der Waals surface area contributed by atoms with E-state index in [2.05, 4.69) is 37.8 Å². The largest absolute Gasteiger partial charge is 0.365 e. The molecule has 166 valence electrons. The molecule has 0 bridgehead atoms. The van der Waals surface area contributed by atoms with E-state index in [1.54, 1.807) is 6.20 Å². The van der Waals surface area contributed by atoms with Gasteiger partial charge >= 0.3 is 6.03 Å². The number of hydrogen-bond acceptors (Lipinski definition) is 6. The highest BCUT2D eigenvalue weighted by atomic mass is 35.5. The lowest BCUT2D eigenvalue weighted by Crippen LogP contribution is -2.49. The Balaban J connectivity index is 1.19. The fourth-order valence-corrected chi connectivity index (χ4v) is 5.47. The average Bonchev–Trinajstić information content (AvgIpc) is 3.20. The van der Waals surface area contributed by atoms with Gasteiger partial charge in [-0.3, -0.25) is 4.90 Å². The Kier molecular flexibility index (Phi) is 5.79. The van der Waals surface area contributed by atoms with Gasteiger partial charge in [0, 0.05) is 63.3 Å². The SMILES string of the molecule is CSNc1ccn(C(=O)N2CCN(Cc3ccc(Cl)c(N4CCCC45CC5)c3)CC2)n1. The van der Waals surface area contributed by atoms with Gasteiger partial charge in [-0.05, 0) is 43.4 Å². The molecule has 2 aliphatic heterocycles. The Bertz CT molecular complexity index is 953. The zero-order chi connectivity index (χ0) is 21.4. The van der Waals surface area contributed by atoms with Gasteiger partial charge in [0.2, 0.25) is 0 Å². The molecule has 3 heterocycles. The van der Waals surface area contributed by atoms with Crippen LogP contribution in [-0.2, 0) is 6.54 Å². The first-order chi connectivity index (χ1) is 15.1. The van der Waals surface area contributed by atoms with Crippen LogP contribution in [0.5, 0.6) is 0 Å². The minimum Gasteiger partial charge on any atom is -0.365 e. The fourth-order valence-electron chi connectivity index (χ4n) is 4.93. The number of benzene rings is 1. The number of amides is 1. The van der Waals surface area contributed by atoms with Gasteiger partial charge in [-0.15, -0.1) is 5.10 Å². The van der Waals surface area contributed by atoms with Crippen LogP contribution >= 0.6 is 23.5 Å². The summed E-state index contributed by atoms with van der Waals surface area (Å²) in [6.07, 6.45) is 8.81. The van der Waals surface area contributed by atoms with Crippen LogP contribution in [-0.4, -0.2) is 70.1 Å². The summed E-state index contributed by atoms with van der Waals surface area (Å²) < 4.78 is 4.47. The zero-order valence-corrected chi connectivity index (χ0v) is 19.5. The van der Waals surface area contributed by atoms with Crippen molar-refractivity contribution >= 4 is 41.1 Å². The maximum absolute atomic E-state index is 12.7. The number of carbonyl (C=O) groups excluding carboxylic acids is 1. The van der Waals surface area contributed by atoms with E-state index >= 15 is 0 Å². The number of aromatic nitrogens is 2. The second kappa shape index (κ2) is 8.56. The molecule has 9 heteroatoms. The van der Waals surface area contributed by atoms with E-state index in [1.807, 2.05) is 17.2 Å². The third-order valence-corrected chi connectivity index (χ3v) is 7.50. The third kappa shape index (κ3) is 4.25. The lowest BCUT2D eigenvalue weighted by Gasteiger charge is -2.34. The molecule has 0 atom stereocenters. The van der Waals surface area contributed by atoms with E-state index in [0.717, 1.165) is 31.2 Å². The monoisotopic (exact) mass is 460 g/mol. The number of carbonyl (C=O) groups is 1. The number of piperazine rings is 1. The molecule has 1 N–H and O–H groups in total. The Labute approximate surface area is 192 Å². The van der Waals surface area contributed by atoms with Gasteiger partial charge in [0.1, 0.15) is 0 Å². The highest BCUT2D eigenvalue weighted by Gasteiger charge is 2.51. The summed E-state index contributed by atoms with van der Waals surface area (Å²) in [5, 5.41) is 5.16. The quantitative estimate of drug-likeness (QED) is 0.676. The van der Waals surface area contributed by atoms with Crippen LogP contribution in [0.15, 0.2) is 30.5 Å². The molecule has 0 radical (unpaired) electrons. The number of hydrogen-bond donors (Lipinski definition) is 1. The molecule has 1 saturated carbocycles. The van der Waals surface area contributed by atoms with E-state index < -0.39 is 0 Å². The molecule has 2 aromatic rings. The molecule has 0 unspecified atom stereocenters. The second-order valence-corrected chi connectivity index (χ2v) is 9.78. The maximum atomic E-state index is 12.7. The van der Waals surface area contributed by atoms with E-state index in [4.69, 9.17) is 11.6 Å². The molecular formula is C22H29ClN6OS. The topological polar surface area (TPSA) is 56.6 Å². The van der Waals surface area contributed by atoms with Crippen molar-refractivity contribution in [1.82, 2.24) is 19.6 Å². The van der Waals surface area contributed by atoms with E-state index in [0.29, 0.717) is 24.4 Å². The van der Waals surface area contributed by atoms with Gasteiger partial charge in [-0.2, -0.15) is 4.68 Å². The van der Waals surface area contributed by atoms with Crippen molar-refractivity contribution in [1.29, 1.82) is 0 Å². The normalized spacial score (nSPS) is 20.5. The van der Waals surface area contributed by atoms with Crippen molar-refractivity contribution in [2.24, 2.45) is 0 Å². The number of anilines is 2. The predicted octanol–water partition coefficient (Wildman–Crippen LogP) is 4.15. The summed E-state index contributed by atoms with van der Waals surface area (Å²) in [4.78, 5) is 19.6. The Morgan fingerprint density at radius 2 is 1.97 bits per heavy atom. The van der Waals surface area contributed by atoms with Crippen molar-refractivity contribution in [3.05, 3.63) is 41.0 Å². The molecule has 1 aromatic carbocycles.